The molecule has 1 rings (SSSR count). The lowest BCUT2D eigenvalue weighted by atomic mass is 10.0. The second-order valence-electron chi connectivity index (χ2n) is 5.60. The number of rotatable bonds is 6. The summed E-state index contributed by atoms with van der Waals surface area (Å²) in [5.41, 5.74) is 0.101. The molecule has 0 aliphatic heterocycles. The number of carbonyl (C=O) groups excluding carboxylic acids is 2. The van der Waals surface area contributed by atoms with Crippen LogP contribution in [0.5, 0.6) is 0 Å². The molecule has 0 saturated heterocycles. The van der Waals surface area contributed by atoms with Gasteiger partial charge in [0.15, 0.2) is 0 Å². The lowest BCUT2D eigenvalue weighted by Gasteiger charge is -2.25. The van der Waals surface area contributed by atoms with E-state index in [-0.39, 0.29) is 24.8 Å². The zero-order chi connectivity index (χ0) is 16.0. The first-order valence-corrected chi connectivity index (χ1v) is 7.06. The van der Waals surface area contributed by atoms with Crippen LogP contribution in [0, 0.1) is 0 Å². The van der Waals surface area contributed by atoms with Crippen molar-refractivity contribution in [2.24, 2.45) is 0 Å². The molecule has 1 atom stereocenters. The van der Waals surface area contributed by atoms with Crippen molar-refractivity contribution in [3.63, 3.8) is 0 Å². The van der Waals surface area contributed by atoms with Gasteiger partial charge in [-0.05, 0) is 31.5 Å². The summed E-state index contributed by atoms with van der Waals surface area (Å²) < 4.78 is 0. The first kappa shape index (κ1) is 17.5. The molecular formula is C15H21ClN2O3. The highest BCUT2D eigenvalue weighted by atomic mass is 35.5. The van der Waals surface area contributed by atoms with E-state index >= 15 is 0 Å². The third-order valence-electron chi connectivity index (χ3n) is 2.91. The zero-order valence-electron chi connectivity index (χ0n) is 12.4. The van der Waals surface area contributed by atoms with Crippen molar-refractivity contribution in [2.75, 3.05) is 6.61 Å². The molecule has 116 valence electrons. The van der Waals surface area contributed by atoms with E-state index in [2.05, 4.69) is 10.6 Å². The van der Waals surface area contributed by atoms with Gasteiger partial charge in [0.2, 0.25) is 11.8 Å². The third-order valence-corrected chi connectivity index (χ3v) is 3.16. The molecule has 0 heterocycles. The van der Waals surface area contributed by atoms with Gasteiger partial charge >= 0.3 is 0 Å². The molecule has 0 radical (unpaired) electrons. The van der Waals surface area contributed by atoms with Gasteiger partial charge in [-0.25, -0.2) is 0 Å². The Balaban J connectivity index is 2.81. The normalized spacial score (nSPS) is 12.6. The maximum Gasteiger partial charge on any atom is 0.222 e. The number of hydrogen-bond donors (Lipinski definition) is 3. The number of amides is 2. The molecule has 5 nitrogen and oxygen atoms in total. The number of halogens is 1. The Bertz CT molecular complexity index is 500. The number of benzene rings is 1. The number of hydrogen-bond acceptors (Lipinski definition) is 3. The molecule has 0 aromatic heterocycles. The van der Waals surface area contributed by atoms with Gasteiger partial charge in [-0.15, -0.1) is 0 Å². The summed E-state index contributed by atoms with van der Waals surface area (Å²) in [6, 6.07) is 6.53. The fourth-order valence-electron chi connectivity index (χ4n) is 1.85. The SMILES string of the molecule is CC(=O)NC(CC(=O)NC(C)(C)CO)c1ccc(Cl)cc1. The minimum atomic E-state index is -0.697. The van der Waals surface area contributed by atoms with Crippen molar-refractivity contribution in [1.82, 2.24) is 10.6 Å². The maximum atomic E-state index is 12.1. The van der Waals surface area contributed by atoms with Crippen LogP contribution < -0.4 is 10.6 Å². The van der Waals surface area contributed by atoms with Crippen LogP contribution in [0.4, 0.5) is 0 Å². The van der Waals surface area contributed by atoms with Crippen LogP contribution in [-0.4, -0.2) is 29.1 Å². The van der Waals surface area contributed by atoms with E-state index in [4.69, 9.17) is 11.6 Å². The Labute approximate surface area is 129 Å². The molecule has 0 fully saturated rings. The lowest BCUT2D eigenvalue weighted by Crippen LogP contribution is -2.47. The molecule has 2 amide bonds. The summed E-state index contributed by atoms with van der Waals surface area (Å²) in [6.45, 7) is 4.68. The first-order chi connectivity index (χ1) is 9.73. The lowest BCUT2D eigenvalue weighted by molar-refractivity contribution is -0.124. The summed E-state index contributed by atoms with van der Waals surface area (Å²) in [7, 11) is 0. The summed E-state index contributed by atoms with van der Waals surface area (Å²) in [5, 5.41) is 15.2. The number of nitrogens with one attached hydrogen (secondary N) is 2. The van der Waals surface area contributed by atoms with E-state index in [0.717, 1.165) is 5.56 Å². The van der Waals surface area contributed by atoms with E-state index in [1.807, 2.05) is 0 Å². The molecular weight excluding hydrogens is 292 g/mol. The topological polar surface area (TPSA) is 78.4 Å². The van der Waals surface area contributed by atoms with Gasteiger partial charge in [0.1, 0.15) is 0 Å². The van der Waals surface area contributed by atoms with Gasteiger partial charge in [0.25, 0.3) is 0 Å². The Hall–Kier alpha value is -1.59. The number of aliphatic hydroxyl groups is 1. The van der Waals surface area contributed by atoms with E-state index in [0.29, 0.717) is 5.02 Å². The van der Waals surface area contributed by atoms with Crippen molar-refractivity contribution in [2.45, 2.75) is 38.8 Å². The first-order valence-electron chi connectivity index (χ1n) is 6.68. The van der Waals surface area contributed by atoms with Crippen LogP contribution in [0.15, 0.2) is 24.3 Å². The molecule has 0 aliphatic rings. The van der Waals surface area contributed by atoms with E-state index < -0.39 is 11.6 Å². The van der Waals surface area contributed by atoms with Crippen LogP contribution in [0.1, 0.15) is 38.8 Å². The largest absolute Gasteiger partial charge is 0.394 e. The minimum Gasteiger partial charge on any atom is -0.394 e. The van der Waals surface area contributed by atoms with E-state index in [1.165, 1.54) is 6.92 Å². The van der Waals surface area contributed by atoms with Gasteiger partial charge in [0, 0.05) is 11.9 Å². The summed E-state index contributed by atoms with van der Waals surface area (Å²) in [5.74, 6) is -0.466. The van der Waals surface area contributed by atoms with Crippen molar-refractivity contribution in [3.8, 4) is 0 Å². The average Bonchev–Trinajstić information content (AvgIpc) is 2.37. The average molecular weight is 313 g/mol. The van der Waals surface area contributed by atoms with Crippen molar-refractivity contribution in [1.29, 1.82) is 0 Å². The molecule has 1 aromatic rings. The predicted molar refractivity (Wildman–Crippen MR) is 81.9 cm³/mol. The van der Waals surface area contributed by atoms with Gasteiger partial charge in [-0.3, -0.25) is 9.59 Å². The third kappa shape index (κ3) is 6.14. The van der Waals surface area contributed by atoms with Gasteiger partial charge < -0.3 is 15.7 Å². The van der Waals surface area contributed by atoms with Gasteiger partial charge in [-0.1, -0.05) is 23.7 Å². The fourth-order valence-corrected chi connectivity index (χ4v) is 1.97. The summed E-state index contributed by atoms with van der Waals surface area (Å²) >= 11 is 5.84. The predicted octanol–water partition coefficient (Wildman–Crippen LogP) is 1.79. The van der Waals surface area contributed by atoms with Crippen molar-refractivity contribution in [3.05, 3.63) is 34.9 Å². The Morgan fingerprint density at radius 3 is 2.33 bits per heavy atom. The molecule has 0 aliphatic carbocycles. The second-order valence-corrected chi connectivity index (χ2v) is 6.04. The minimum absolute atomic E-state index is 0.0879. The smallest absolute Gasteiger partial charge is 0.222 e. The summed E-state index contributed by atoms with van der Waals surface area (Å²) in [4.78, 5) is 23.4. The highest BCUT2D eigenvalue weighted by Crippen LogP contribution is 2.20. The summed E-state index contributed by atoms with van der Waals surface area (Å²) in [6.07, 6.45) is 0.0879. The van der Waals surface area contributed by atoms with Gasteiger partial charge in [0.05, 0.1) is 24.6 Å². The Kier molecular flexibility index (Phi) is 6.18. The molecule has 0 spiro atoms. The quantitative estimate of drug-likeness (QED) is 0.749. The highest BCUT2D eigenvalue weighted by Gasteiger charge is 2.23. The standard InChI is InChI=1S/C15H21ClN2O3/c1-10(20)17-13(11-4-6-12(16)7-5-11)8-14(21)18-15(2,3)9-19/h4-7,13,19H,8-9H2,1-3H3,(H,17,20)(H,18,21). The van der Waals surface area contributed by atoms with Crippen LogP contribution in [0.25, 0.3) is 0 Å². The molecule has 6 heteroatoms. The van der Waals surface area contributed by atoms with E-state index in [1.54, 1.807) is 38.1 Å². The number of aliphatic hydroxyl groups excluding tert-OH is 1. The molecule has 1 unspecified atom stereocenters. The van der Waals surface area contributed by atoms with E-state index in [9.17, 15) is 14.7 Å². The second kappa shape index (κ2) is 7.43. The van der Waals surface area contributed by atoms with Crippen LogP contribution in [0.3, 0.4) is 0 Å². The fraction of sp³-hybridized carbons (Fsp3) is 0.467. The van der Waals surface area contributed by atoms with Crippen LogP contribution >= 0.6 is 11.6 Å². The van der Waals surface area contributed by atoms with Crippen LogP contribution in [-0.2, 0) is 9.59 Å². The zero-order valence-corrected chi connectivity index (χ0v) is 13.2. The highest BCUT2D eigenvalue weighted by molar-refractivity contribution is 6.30. The maximum absolute atomic E-state index is 12.1. The molecule has 21 heavy (non-hydrogen) atoms. The molecule has 0 bridgehead atoms. The molecule has 0 saturated carbocycles. The van der Waals surface area contributed by atoms with Crippen molar-refractivity contribution >= 4 is 23.4 Å². The van der Waals surface area contributed by atoms with Gasteiger partial charge in [-0.2, -0.15) is 0 Å². The monoisotopic (exact) mass is 312 g/mol. The number of carbonyl (C=O) groups is 2. The Morgan fingerprint density at radius 1 is 1.29 bits per heavy atom. The Morgan fingerprint density at radius 2 is 1.86 bits per heavy atom. The van der Waals surface area contributed by atoms with Crippen molar-refractivity contribution < 1.29 is 14.7 Å². The van der Waals surface area contributed by atoms with Crippen LogP contribution in [0.2, 0.25) is 5.02 Å². The molecule has 3 N–H and O–H groups in total. The molecule has 1 aromatic carbocycles.